The molecule has 0 aliphatic rings. The Morgan fingerprint density at radius 3 is 1.62 bits per heavy atom. The van der Waals surface area contributed by atoms with Crippen LogP contribution in [0.1, 0.15) is 11.1 Å². The van der Waals surface area contributed by atoms with Gasteiger partial charge in [-0.15, -0.1) is 0 Å². The Kier molecular flexibility index (Phi) is 4.49. The van der Waals surface area contributed by atoms with Crippen LogP contribution in [0.15, 0.2) is 83.9 Å². The zero-order valence-corrected chi connectivity index (χ0v) is 12.7. The predicted molar refractivity (Wildman–Crippen MR) is 90.4 cm³/mol. The summed E-state index contributed by atoms with van der Waals surface area (Å²) in [5.74, 6) is -0.805. The second kappa shape index (κ2) is 6.72. The van der Waals surface area contributed by atoms with Gasteiger partial charge in [-0.2, -0.15) is 0 Å². The molecule has 0 spiro atoms. The molecule has 24 heavy (non-hydrogen) atoms. The first-order valence-corrected chi connectivity index (χ1v) is 7.43. The number of para-hydroxylation sites is 1. The summed E-state index contributed by atoms with van der Waals surface area (Å²) in [6.07, 6.45) is 1.38. The van der Waals surface area contributed by atoms with Crippen molar-refractivity contribution >= 4 is 11.9 Å². The highest BCUT2D eigenvalue weighted by Crippen LogP contribution is 2.29. The first-order chi connectivity index (χ1) is 11.6. The van der Waals surface area contributed by atoms with Crippen LogP contribution in [0.4, 0.5) is 14.5 Å². The molecule has 120 valence electrons. The van der Waals surface area contributed by atoms with Crippen LogP contribution in [0.5, 0.6) is 0 Å². The van der Waals surface area contributed by atoms with Crippen LogP contribution in [-0.4, -0.2) is 11.3 Å². The van der Waals surface area contributed by atoms with E-state index in [-0.39, 0.29) is 0 Å². The largest absolute Gasteiger partial charge is 0.375 e. The van der Waals surface area contributed by atoms with Crippen molar-refractivity contribution in [3.05, 3.63) is 102 Å². The predicted octanol–water partition coefficient (Wildman–Crippen LogP) is 4.60. The summed E-state index contributed by atoms with van der Waals surface area (Å²) in [6, 6.07) is 20.1. The summed E-state index contributed by atoms with van der Waals surface area (Å²) in [5.41, 5.74) is -0.0532. The lowest BCUT2D eigenvalue weighted by atomic mass is 9.87. The fraction of sp³-hybridized carbons (Fsp3) is 0.0500. The average Bonchev–Trinajstić information content (AvgIpc) is 2.62. The van der Waals surface area contributed by atoms with Crippen LogP contribution < -0.4 is 0 Å². The molecule has 3 rings (SSSR count). The number of nitrogens with zero attached hydrogens (tertiary/aromatic N) is 1. The molecule has 0 saturated heterocycles. The number of rotatable bonds is 4. The van der Waals surface area contributed by atoms with E-state index in [1.807, 2.05) is 18.2 Å². The third-order valence-electron chi connectivity index (χ3n) is 3.73. The van der Waals surface area contributed by atoms with Crippen molar-refractivity contribution < 1.29 is 13.9 Å². The van der Waals surface area contributed by atoms with Crippen molar-refractivity contribution in [2.45, 2.75) is 5.60 Å². The number of benzene rings is 3. The maximum Gasteiger partial charge on any atom is 0.150 e. The van der Waals surface area contributed by atoms with E-state index in [9.17, 15) is 13.9 Å². The minimum atomic E-state index is -1.60. The molecule has 0 saturated carbocycles. The Morgan fingerprint density at radius 1 is 0.708 bits per heavy atom. The van der Waals surface area contributed by atoms with Gasteiger partial charge in [-0.05, 0) is 47.5 Å². The van der Waals surface area contributed by atoms with Gasteiger partial charge in [-0.1, -0.05) is 42.5 Å². The molecule has 0 aromatic heterocycles. The van der Waals surface area contributed by atoms with E-state index in [1.54, 1.807) is 12.1 Å². The summed E-state index contributed by atoms with van der Waals surface area (Å²) >= 11 is 0. The van der Waals surface area contributed by atoms with Crippen LogP contribution in [0, 0.1) is 11.6 Å². The highest BCUT2D eigenvalue weighted by Gasteiger charge is 2.29. The van der Waals surface area contributed by atoms with E-state index in [0.717, 1.165) is 0 Å². The summed E-state index contributed by atoms with van der Waals surface area (Å²) < 4.78 is 26.4. The molecule has 0 aliphatic carbocycles. The van der Waals surface area contributed by atoms with Crippen molar-refractivity contribution in [3.63, 3.8) is 0 Å². The smallest absolute Gasteiger partial charge is 0.150 e. The second-order valence-electron chi connectivity index (χ2n) is 5.37. The van der Waals surface area contributed by atoms with Gasteiger partial charge in [0, 0.05) is 6.21 Å². The summed E-state index contributed by atoms with van der Waals surface area (Å²) in [6.45, 7) is 0. The Hall–Kier alpha value is -2.85. The van der Waals surface area contributed by atoms with Crippen molar-refractivity contribution in [3.8, 4) is 0 Å². The van der Waals surface area contributed by atoms with Gasteiger partial charge in [-0.3, -0.25) is 4.99 Å². The molecule has 3 aromatic carbocycles. The maximum absolute atomic E-state index is 13.2. The molecule has 0 aliphatic heterocycles. The van der Waals surface area contributed by atoms with E-state index < -0.39 is 17.2 Å². The molecule has 0 radical (unpaired) electrons. The molecule has 3 aromatic rings. The lowest BCUT2D eigenvalue weighted by Gasteiger charge is -2.25. The molecule has 0 unspecified atom stereocenters. The Bertz CT molecular complexity index is 782. The maximum atomic E-state index is 13.2. The number of aliphatic imine (C=N–C) groups is 1. The molecule has 0 amide bonds. The van der Waals surface area contributed by atoms with Crippen molar-refractivity contribution in [1.29, 1.82) is 0 Å². The Balaban J connectivity index is 2.07. The summed E-state index contributed by atoms with van der Waals surface area (Å²) in [7, 11) is 0. The van der Waals surface area contributed by atoms with Gasteiger partial charge in [0.2, 0.25) is 0 Å². The van der Waals surface area contributed by atoms with E-state index >= 15 is 0 Å². The first-order valence-electron chi connectivity index (χ1n) is 7.43. The van der Waals surface area contributed by atoms with Gasteiger partial charge in [0.15, 0.2) is 5.60 Å². The zero-order valence-electron chi connectivity index (χ0n) is 12.7. The average molecular weight is 323 g/mol. The SMILES string of the molecule is OC(C=Nc1ccccc1)(c1ccc(F)cc1)c1ccc(F)cc1. The molecule has 4 heteroatoms. The summed E-state index contributed by atoms with van der Waals surface area (Å²) in [5, 5.41) is 11.2. The number of aliphatic hydroxyl groups is 1. The van der Waals surface area contributed by atoms with Crippen LogP contribution in [0.2, 0.25) is 0 Å². The number of hydrogen-bond acceptors (Lipinski definition) is 2. The normalized spacial score (nSPS) is 11.8. The van der Waals surface area contributed by atoms with Crippen LogP contribution >= 0.6 is 0 Å². The van der Waals surface area contributed by atoms with Gasteiger partial charge < -0.3 is 5.11 Å². The van der Waals surface area contributed by atoms with Crippen LogP contribution in [0.25, 0.3) is 0 Å². The van der Waals surface area contributed by atoms with Gasteiger partial charge in [0.25, 0.3) is 0 Å². The number of hydrogen-bond donors (Lipinski definition) is 1. The molecule has 1 N–H and O–H groups in total. The van der Waals surface area contributed by atoms with E-state index in [4.69, 9.17) is 0 Å². The molecule has 0 atom stereocenters. The molecule has 0 heterocycles. The highest BCUT2D eigenvalue weighted by molar-refractivity contribution is 5.79. The summed E-state index contributed by atoms with van der Waals surface area (Å²) in [4.78, 5) is 4.31. The molecule has 0 bridgehead atoms. The van der Waals surface area contributed by atoms with Crippen LogP contribution in [-0.2, 0) is 5.60 Å². The van der Waals surface area contributed by atoms with Crippen molar-refractivity contribution in [1.82, 2.24) is 0 Å². The molecule has 2 nitrogen and oxygen atoms in total. The third kappa shape index (κ3) is 3.39. The lowest BCUT2D eigenvalue weighted by molar-refractivity contribution is 0.161. The monoisotopic (exact) mass is 323 g/mol. The molecular weight excluding hydrogens is 308 g/mol. The van der Waals surface area contributed by atoms with E-state index in [2.05, 4.69) is 4.99 Å². The number of halogens is 2. The van der Waals surface area contributed by atoms with Crippen molar-refractivity contribution in [2.24, 2.45) is 4.99 Å². The lowest BCUT2D eigenvalue weighted by Crippen LogP contribution is -2.29. The first kappa shape index (κ1) is 16.0. The Morgan fingerprint density at radius 2 is 1.17 bits per heavy atom. The van der Waals surface area contributed by atoms with E-state index in [1.165, 1.54) is 54.7 Å². The van der Waals surface area contributed by atoms with E-state index in [0.29, 0.717) is 16.8 Å². The van der Waals surface area contributed by atoms with Gasteiger partial charge in [-0.25, -0.2) is 8.78 Å². The minimum absolute atomic E-state index is 0.403. The van der Waals surface area contributed by atoms with Gasteiger partial charge in [0.1, 0.15) is 11.6 Å². The standard InChI is InChI=1S/C20H15F2NO/c21-17-10-6-15(7-11-17)20(24,16-8-12-18(22)13-9-16)14-23-19-4-2-1-3-5-19/h1-14,24H. The zero-order chi connectivity index (χ0) is 17.0. The molecule has 0 fully saturated rings. The quantitative estimate of drug-likeness (QED) is 0.699. The van der Waals surface area contributed by atoms with Gasteiger partial charge in [0.05, 0.1) is 5.69 Å². The second-order valence-corrected chi connectivity index (χ2v) is 5.37. The third-order valence-corrected chi connectivity index (χ3v) is 3.73. The fourth-order valence-corrected chi connectivity index (χ4v) is 2.41. The highest BCUT2D eigenvalue weighted by atomic mass is 19.1. The minimum Gasteiger partial charge on any atom is -0.375 e. The topological polar surface area (TPSA) is 32.6 Å². The Labute approximate surface area is 138 Å². The van der Waals surface area contributed by atoms with Gasteiger partial charge >= 0.3 is 0 Å². The fourth-order valence-electron chi connectivity index (χ4n) is 2.41. The molecular formula is C20H15F2NO. The van der Waals surface area contributed by atoms with Crippen LogP contribution in [0.3, 0.4) is 0 Å². The van der Waals surface area contributed by atoms with Crippen molar-refractivity contribution in [2.75, 3.05) is 0 Å².